The highest BCUT2D eigenvalue weighted by Crippen LogP contribution is 2.40. The molecular weight excluding hydrogens is 518 g/mol. The topological polar surface area (TPSA) is 52.5 Å². The lowest BCUT2D eigenvalue weighted by Crippen LogP contribution is -2.44. The Morgan fingerprint density at radius 3 is 2.39 bits per heavy atom. The quantitative estimate of drug-likeness (QED) is 0.220. The van der Waals surface area contributed by atoms with Gasteiger partial charge in [0.1, 0.15) is 0 Å². The molecule has 0 aliphatic rings. The Morgan fingerprint density at radius 2 is 1.82 bits per heavy atom. The average Bonchev–Trinajstić information content (AvgIpc) is 3.21. The highest BCUT2D eigenvalue weighted by Gasteiger charge is 2.40. The van der Waals surface area contributed by atoms with Gasteiger partial charge in [0.25, 0.3) is 0 Å². The molecule has 3 aromatic rings. The molecule has 0 fully saturated rings. The molecule has 3 rings (SSSR count). The molecule has 0 amide bonds. The lowest BCUT2D eigenvalue weighted by molar-refractivity contribution is 0.154. The molecule has 0 N–H and O–H groups in total. The van der Waals surface area contributed by atoms with Crippen LogP contribution in [0, 0.1) is 6.57 Å². The molecule has 0 aliphatic heterocycles. The Kier molecular flexibility index (Phi) is 7.85. The van der Waals surface area contributed by atoms with Gasteiger partial charge in [-0.15, -0.1) is 10.2 Å². The van der Waals surface area contributed by atoms with Gasteiger partial charge < -0.3 is 8.84 Å². The molecule has 33 heavy (non-hydrogen) atoms. The normalized spacial score (nSPS) is 14.0. The SMILES string of the molecule is [C-]#[N+]c1ccc(C[C@@H](c2nnc(-c3ccc(Br)cc3)o2)[C@H](C)O[Si](C)(C)C(C)(C)C)cc1Cl. The minimum atomic E-state index is -2.03. The molecule has 2 atom stereocenters. The number of hydrogen-bond donors (Lipinski definition) is 0. The van der Waals surface area contributed by atoms with Gasteiger partial charge in [0.15, 0.2) is 8.32 Å². The van der Waals surface area contributed by atoms with Crippen LogP contribution in [0.25, 0.3) is 16.3 Å². The van der Waals surface area contributed by atoms with Crippen molar-refractivity contribution in [3.8, 4) is 11.5 Å². The maximum atomic E-state index is 7.24. The van der Waals surface area contributed by atoms with Crippen molar-refractivity contribution in [2.45, 2.75) is 64.3 Å². The third kappa shape index (κ3) is 6.13. The van der Waals surface area contributed by atoms with Crippen molar-refractivity contribution in [2.24, 2.45) is 0 Å². The van der Waals surface area contributed by atoms with Gasteiger partial charge in [0, 0.05) is 15.1 Å². The third-order valence-electron chi connectivity index (χ3n) is 6.29. The van der Waals surface area contributed by atoms with Crippen LogP contribution in [0.3, 0.4) is 0 Å². The average molecular weight is 547 g/mol. The summed E-state index contributed by atoms with van der Waals surface area (Å²) in [6.07, 6.45) is 0.457. The van der Waals surface area contributed by atoms with E-state index < -0.39 is 8.32 Å². The minimum absolute atomic E-state index is 0.0732. The van der Waals surface area contributed by atoms with Gasteiger partial charge in [0.2, 0.25) is 17.5 Å². The molecular formula is C25H29BrClN3O2Si. The maximum absolute atomic E-state index is 7.24. The summed E-state index contributed by atoms with van der Waals surface area (Å²) in [6.45, 7) is 20.5. The molecule has 0 radical (unpaired) electrons. The van der Waals surface area contributed by atoms with Crippen LogP contribution in [0.4, 0.5) is 5.69 Å². The zero-order valence-corrected chi connectivity index (χ0v) is 23.2. The molecule has 0 saturated carbocycles. The zero-order valence-electron chi connectivity index (χ0n) is 19.8. The maximum Gasteiger partial charge on any atom is 0.247 e. The number of hydrogen-bond acceptors (Lipinski definition) is 4. The van der Waals surface area contributed by atoms with Crippen molar-refractivity contribution in [3.05, 3.63) is 74.8 Å². The Hall–Kier alpha value is -1.98. The summed E-state index contributed by atoms with van der Waals surface area (Å²) in [6, 6.07) is 13.3. The van der Waals surface area contributed by atoms with E-state index in [4.69, 9.17) is 27.0 Å². The van der Waals surface area contributed by atoms with Crippen molar-refractivity contribution in [1.29, 1.82) is 0 Å². The number of halogens is 2. The fraction of sp³-hybridized carbons (Fsp3) is 0.400. The second kappa shape index (κ2) is 10.1. The van der Waals surface area contributed by atoms with Gasteiger partial charge in [0.05, 0.1) is 18.6 Å². The van der Waals surface area contributed by atoms with E-state index in [0.29, 0.717) is 28.9 Å². The summed E-state index contributed by atoms with van der Waals surface area (Å²) in [5.41, 5.74) is 2.29. The predicted molar refractivity (Wildman–Crippen MR) is 139 cm³/mol. The second-order valence-corrected chi connectivity index (χ2v) is 15.8. The monoisotopic (exact) mass is 545 g/mol. The van der Waals surface area contributed by atoms with Crippen LogP contribution >= 0.6 is 27.5 Å². The number of nitrogens with zero attached hydrogens (tertiary/aromatic N) is 3. The lowest BCUT2D eigenvalue weighted by atomic mass is 9.94. The van der Waals surface area contributed by atoms with Crippen LogP contribution in [0.2, 0.25) is 23.2 Å². The summed E-state index contributed by atoms with van der Waals surface area (Å²) in [4.78, 5) is 3.46. The van der Waals surface area contributed by atoms with Crippen LogP contribution in [0.1, 0.15) is 45.1 Å². The Balaban J connectivity index is 1.95. The van der Waals surface area contributed by atoms with Gasteiger partial charge in [-0.3, -0.25) is 0 Å². The Bertz CT molecular complexity index is 1150. The number of benzene rings is 2. The molecule has 8 heteroatoms. The Morgan fingerprint density at radius 1 is 1.15 bits per heavy atom. The van der Waals surface area contributed by atoms with Crippen molar-refractivity contribution >= 4 is 41.5 Å². The van der Waals surface area contributed by atoms with Crippen molar-refractivity contribution in [2.75, 3.05) is 0 Å². The standard InChI is InChI=1S/C25H29BrClN3O2Si/c1-16(32-33(6,7)25(2,3)4)20(14-17-8-13-22(28-5)21(27)15-17)24-30-29-23(31-24)18-9-11-19(26)12-10-18/h8-13,15-16,20H,14H2,1-4,6-7H3/t16-,20+/m0/s1. The van der Waals surface area contributed by atoms with Crippen LogP contribution < -0.4 is 0 Å². The fourth-order valence-electron chi connectivity index (χ4n) is 3.29. The van der Waals surface area contributed by atoms with Gasteiger partial charge >= 0.3 is 0 Å². The van der Waals surface area contributed by atoms with Crippen molar-refractivity contribution < 1.29 is 8.84 Å². The van der Waals surface area contributed by atoms with E-state index in [9.17, 15) is 0 Å². The number of aromatic nitrogens is 2. The predicted octanol–water partition coefficient (Wildman–Crippen LogP) is 8.44. The first-order chi connectivity index (χ1) is 15.4. The van der Waals surface area contributed by atoms with Crippen LogP contribution in [0.5, 0.6) is 0 Å². The summed E-state index contributed by atoms with van der Waals surface area (Å²) in [7, 11) is -2.03. The third-order valence-corrected chi connectivity index (χ3v) is 11.7. The smallest absolute Gasteiger partial charge is 0.247 e. The molecule has 0 spiro atoms. The van der Waals surface area contributed by atoms with E-state index in [1.807, 2.05) is 36.4 Å². The van der Waals surface area contributed by atoms with E-state index in [2.05, 4.69) is 71.8 Å². The first-order valence-electron chi connectivity index (χ1n) is 10.8. The fourth-order valence-corrected chi connectivity index (χ4v) is 5.25. The molecule has 174 valence electrons. The van der Waals surface area contributed by atoms with Gasteiger partial charge in [-0.2, -0.15) is 0 Å². The van der Waals surface area contributed by atoms with Crippen molar-refractivity contribution in [3.63, 3.8) is 0 Å². The van der Waals surface area contributed by atoms with E-state index in [1.54, 1.807) is 6.07 Å². The first kappa shape index (κ1) is 25.6. The molecule has 1 heterocycles. The van der Waals surface area contributed by atoms with Crippen molar-refractivity contribution in [1.82, 2.24) is 10.2 Å². The lowest BCUT2D eigenvalue weighted by Gasteiger charge is -2.40. The summed E-state index contributed by atoms with van der Waals surface area (Å²) in [5.74, 6) is 0.846. The largest absolute Gasteiger partial charge is 0.420 e. The zero-order chi connectivity index (χ0) is 24.4. The molecule has 0 unspecified atom stereocenters. The van der Waals surface area contributed by atoms with E-state index >= 15 is 0 Å². The van der Waals surface area contributed by atoms with Crippen LogP contribution in [-0.2, 0) is 10.8 Å². The minimum Gasteiger partial charge on any atom is -0.420 e. The van der Waals surface area contributed by atoms with Gasteiger partial charge in [-0.05, 0) is 61.3 Å². The molecule has 0 saturated heterocycles. The van der Waals surface area contributed by atoms with E-state index in [0.717, 1.165) is 15.6 Å². The van der Waals surface area contributed by atoms with Crippen LogP contribution in [-0.4, -0.2) is 24.6 Å². The highest BCUT2D eigenvalue weighted by atomic mass is 79.9. The molecule has 2 aromatic carbocycles. The van der Waals surface area contributed by atoms with Crippen LogP contribution in [0.15, 0.2) is 51.4 Å². The van der Waals surface area contributed by atoms with Gasteiger partial charge in [-0.1, -0.05) is 66.5 Å². The molecule has 1 aromatic heterocycles. The van der Waals surface area contributed by atoms with Gasteiger partial charge in [-0.25, -0.2) is 4.85 Å². The second-order valence-electron chi connectivity index (χ2n) is 9.74. The van der Waals surface area contributed by atoms with E-state index in [-0.39, 0.29) is 17.1 Å². The molecule has 5 nitrogen and oxygen atoms in total. The number of rotatable bonds is 7. The Labute approximate surface area is 210 Å². The summed E-state index contributed by atoms with van der Waals surface area (Å²) >= 11 is 9.76. The first-order valence-corrected chi connectivity index (χ1v) is 14.9. The molecule has 0 aliphatic carbocycles. The summed E-state index contributed by atoms with van der Waals surface area (Å²) < 4.78 is 13.9. The highest BCUT2D eigenvalue weighted by molar-refractivity contribution is 9.10. The van der Waals surface area contributed by atoms with E-state index in [1.165, 1.54) is 0 Å². The molecule has 0 bridgehead atoms. The summed E-state index contributed by atoms with van der Waals surface area (Å²) in [5, 5.41) is 9.23.